The summed E-state index contributed by atoms with van der Waals surface area (Å²) in [4.78, 5) is 0. The van der Waals surface area contributed by atoms with Crippen molar-refractivity contribution in [2.75, 3.05) is 0 Å². The van der Waals surface area contributed by atoms with Crippen molar-refractivity contribution >= 4 is 20.8 Å². The Morgan fingerprint density at radius 3 is 0.800 bits per heavy atom. The number of hydrogen-bond donors (Lipinski definition) is 4. The molecule has 0 bridgehead atoms. The van der Waals surface area contributed by atoms with Gasteiger partial charge in [0.1, 0.15) is 0 Å². The normalized spacial score (nSPS) is 10.9. The van der Waals surface area contributed by atoms with E-state index in [1.807, 2.05) is 0 Å². The molecule has 15 heteroatoms. The molecule has 0 saturated carbocycles. The second kappa shape index (κ2) is 9.78. The van der Waals surface area contributed by atoms with Gasteiger partial charge in [-0.15, -0.1) is 0 Å². The standard InChI is InChI=1S/Na.2H2O6S.H/c;2*1-5-7(3,4)6-2;/h;2*1-2H;/q+1;;;-1. The van der Waals surface area contributed by atoms with Crippen molar-refractivity contribution in [1.29, 1.82) is 0 Å². The van der Waals surface area contributed by atoms with Crippen molar-refractivity contribution in [2.45, 2.75) is 0 Å². The van der Waals surface area contributed by atoms with E-state index in [9.17, 15) is 16.8 Å². The first-order chi connectivity index (χ1) is 6.24. The minimum absolute atomic E-state index is 0. The molecule has 0 rings (SSSR count). The fourth-order valence-corrected chi connectivity index (χ4v) is 0.0816. The monoisotopic (exact) mass is 284 g/mol. The second-order valence-electron chi connectivity index (χ2n) is 1.11. The van der Waals surface area contributed by atoms with Crippen LogP contribution in [-0.2, 0) is 38.1 Å². The first-order valence-electron chi connectivity index (χ1n) is 2.06. The van der Waals surface area contributed by atoms with E-state index in [2.05, 4.69) is 17.3 Å². The predicted molar refractivity (Wildman–Crippen MR) is 33.8 cm³/mol. The molecule has 90 valence electrons. The molecule has 0 aliphatic carbocycles. The summed E-state index contributed by atoms with van der Waals surface area (Å²) >= 11 is 0. The summed E-state index contributed by atoms with van der Waals surface area (Å²) in [6.45, 7) is 0. The zero-order chi connectivity index (χ0) is 11.8. The van der Waals surface area contributed by atoms with Crippen LogP contribution in [0.15, 0.2) is 0 Å². The number of hydrogen-bond acceptors (Lipinski definition) is 12. The molecular formula is H5NaO12S2. The summed E-state index contributed by atoms with van der Waals surface area (Å²) in [5.74, 6) is 0. The SMILES string of the molecule is O=S(=O)(OO)OO.O=S(=O)(OO)OO.[H-].[Na+]. The maximum Gasteiger partial charge on any atom is 1.00 e. The topological polar surface area (TPSA) is 186 Å². The van der Waals surface area contributed by atoms with Gasteiger partial charge < -0.3 is 1.43 Å². The molecule has 15 heavy (non-hydrogen) atoms. The minimum Gasteiger partial charge on any atom is -1.00 e. The van der Waals surface area contributed by atoms with Crippen LogP contribution in [0.1, 0.15) is 1.43 Å². The van der Waals surface area contributed by atoms with Crippen LogP contribution in [-0.4, -0.2) is 37.9 Å². The Morgan fingerprint density at radius 1 is 0.667 bits per heavy atom. The third kappa shape index (κ3) is 14.6. The summed E-state index contributed by atoms with van der Waals surface area (Å²) in [5.41, 5.74) is 0. The van der Waals surface area contributed by atoms with Gasteiger partial charge in [-0.1, -0.05) is 17.3 Å². The van der Waals surface area contributed by atoms with Crippen molar-refractivity contribution in [3.8, 4) is 0 Å². The maximum atomic E-state index is 9.42. The third-order valence-electron chi connectivity index (χ3n) is 0.365. The van der Waals surface area contributed by atoms with Gasteiger partial charge in [0.2, 0.25) is 0 Å². The van der Waals surface area contributed by atoms with E-state index in [1.54, 1.807) is 0 Å². The smallest absolute Gasteiger partial charge is 1.00 e. The van der Waals surface area contributed by atoms with Gasteiger partial charge in [0.25, 0.3) is 0 Å². The molecule has 0 aromatic rings. The number of rotatable bonds is 4. The van der Waals surface area contributed by atoms with E-state index >= 15 is 0 Å². The summed E-state index contributed by atoms with van der Waals surface area (Å²) < 4.78 is 48.0. The maximum absolute atomic E-state index is 9.42. The van der Waals surface area contributed by atoms with E-state index in [1.165, 1.54) is 0 Å². The van der Waals surface area contributed by atoms with Gasteiger partial charge in [0.05, 0.1) is 0 Å². The first kappa shape index (κ1) is 20.9. The fourth-order valence-electron chi connectivity index (χ4n) is 0.0272. The predicted octanol–water partition coefficient (Wildman–Crippen LogP) is -4.46. The van der Waals surface area contributed by atoms with Crippen molar-refractivity contribution in [2.24, 2.45) is 0 Å². The zero-order valence-corrected chi connectivity index (χ0v) is 10.5. The molecule has 0 fully saturated rings. The molecule has 0 spiro atoms. The minimum atomic E-state index is -4.55. The molecule has 0 aromatic carbocycles. The molecule has 4 N–H and O–H groups in total. The molecule has 0 heterocycles. The average molecular weight is 284 g/mol. The molecule has 0 aliphatic rings. The third-order valence-corrected chi connectivity index (χ3v) is 1.10. The van der Waals surface area contributed by atoms with Crippen molar-refractivity contribution in [3.63, 3.8) is 0 Å². The molecular weight excluding hydrogens is 279 g/mol. The molecule has 0 saturated heterocycles. The van der Waals surface area contributed by atoms with Gasteiger partial charge in [-0.3, -0.25) is 0 Å². The van der Waals surface area contributed by atoms with Gasteiger partial charge >= 0.3 is 50.4 Å². The Kier molecular flexibility index (Phi) is 13.6. The van der Waals surface area contributed by atoms with E-state index in [4.69, 9.17) is 21.0 Å². The summed E-state index contributed by atoms with van der Waals surface area (Å²) in [5, 5.41) is 28.9. The second-order valence-corrected chi connectivity index (χ2v) is 3.34. The first-order valence-corrected chi connectivity index (χ1v) is 4.73. The summed E-state index contributed by atoms with van der Waals surface area (Å²) in [7, 11) is -9.09. The van der Waals surface area contributed by atoms with Crippen LogP contribution < -0.4 is 29.6 Å². The van der Waals surface area contributed by atoms with Crippen LogP contribution in [0.4, 0.5) is 0 Å². The van der Waals surface area contributed by atoms with Gasteiger partial charge in [0.15, 0.2) is 0 Å². The van der Waals surface area contributed by atoms with Crippen LogP contribution in [0.25, 0.3) is 0 Å². The largest absolute Gasteiger partial charge is 1.00 e. The molecule has 0 aromatic heterocycles. The van der Waals surface area contributed by atoms with Gasteiger partial charge in [-0.25, -0.2) is 21.0 Å². The summed E-state index contributed by atoms with van der Waals surface area (Å²) in [6.07, 6.45) is 0. The molecule has 0 atom stereocenters. The van der Waals surface area contributed by atoms with Crippen molar-refractivity contribution in [3.05, 3.63) is 0 Å². The van der Waals surface area contributed by atoms with Gasteiger partial charge in [-0.05, 0) is 0 Å². The summed E-state index contributed by atoms with van der Waals surface area (Å²) in [6, 6.07) is 0. The van der Waals surface area contributed by atoms with E-state index in [-0.39, 0.29) is 31.0 Å². The Morgan fingerprint density at radius 2 is 0.800 bits per heavy atom. The van der Waals surface area contributed by atoms with Crippen LogP contribution in [0, 0.1) is 0 Å². The van der Waals surface area contributed by atoms with Crippen molar-refractivity contribution < 1.29 is 86.2 Å². The zero-order valence-electron chi connectivity index (χ0n) is 7.87. The van der Waals surface area contributed by atoms with Crippen LogP contribution >= 0.6 is 0 Å². The van der Waals surface area contributed by atoms with Gasteiger partial charge in [-0.2, -0.15) is 16.8 Å². The molecule has 0 amide bonds. The van der Waals surface area contributed by atoms with E-state index in [0.29, 0.717) is 0 Å². The Hall–Kier alpha value is 0.580. The Balaban J connectivity index is -0.0000000800. The molecule has 0 aliphatic heterocycles. The fraction of sp³-hybridized carbons (Fsp3) is 0. The van der Waals surface area contributed by atoms with Crippen molar-refractivity contribution in [1.82, 2.24) is 0 Å². The van der Waals surface area contributed by atoms with Crippen LogP contribution in [0.3, 0.4) is 0 Å². The van der Waals surface area contributed by atoms with E-state index < -0.39 is 20.8 Å². The average Bonchev–Trinajstić information content (AvgIpc) is 2.19. The Bertz CT molecular complexity index is 259. The van der Waals surface area contributed by atoms with Crippen LogP contribution in [0.5, 0.6) is 0 Å². The quantitative estimate of drug-likeness (QED) is 0.220. The van der Waals surface area contributed by atoms with Crippen LogP contribution in [0.2, 0.25) is 0 Å². The van der Waals surface area contributed by atoms with E-state index in [0.717, 1.165) is 0 Å². The molecule has 12 nitrogen and oxygen atoms in total. The molecule has 0 unspecified atom stereocenters. The van der Waals surface area contributed by atoms with Gasteiger partial charge in [0, 0.05) is 0 Å². The molecule has 0 radical (unpaired) electrons. The Labute approximate surface area is 107 Å².